The van der Waals surface area contributed by atoms with E-state index in [-0.39, 0.29) is 39.8 Å². The summed E-state index contributed by atoms with van der Waals surface area (Å²) in [6.07, 6.45) is 1.96. The van der Waals surface area contributed by atoms with Crippen molar-refractivity contribution in [2.24, 2.45) is 47.0 Å². The average molecular weight is 526 g/mol. The number of nitriles is 1. The molecule has 5 fully saturated rings. The van der Waals surface area contributed by atoms with Crippen LogP contribution in [0.1, 0.15) is 33.0 Å². The van der Waals surface area contributed by atoms with Gasteiger partial charge in [-0.1, -0.05) is 6.07 Å². The third-order valence-electron chi connectivity index (χ3n) is 10.8. The molecule has 5 saturated carbocycles. The van der Waals surface area contributed by atoms with Gasteiger partial charge in [-0.2, -0.15) is 10.4 Å². The van der Waals surface area contributed by atoms with Crippen LogP contribution in [0.25, 0.3) is 16.7 Å². The van der Waals surface area contributed by atoms with E-state index in [1.807, 2.05) is 0 Å². The van der Waals surface area contributed by atoms with Gasteiger partial charge >= 0.3 is 5.76 Å². The second-order valence-corrected chi connectivity index (χ2v) is 11.8. The number of aryl methyl sites for hydroxylation is 1. The van der Waals surface area contributed by atoms with E-state index in [2.05, 4.69) is 26.8 Å². The molecule has 2 N–H and O–H groups in total. The summed E-state index contributed by atoms with van der Waals surface area (Å²) in [6, 6.07) is 8.99. The Hall–Kier alpha value is -4.53. The van der Waals surface area contributed by atoms with Crippen LogP contribution in [-0.4, -0.2) is 37.5 Å². The van der Waals surface area contributed by atoms with Gasteiger partial charge in [-0.05, 0) is 58.6 Å². The van der Waals surface area contributed by atoms with Crippen LogP contribution in [0.2, 0.25) is 0 Å². The second kappa shape index (κ2) is 6.20. The third-order valence-corrected chi connectivity index (χ3v) is 10.8. The summed E-state index contributed by atoms with van der Waals surface area (Å²) in [7, 11) is 1.59. The van der Waals surface area contributed by atoms with Gasteiger partial charge in [0.1, 0.15) is 11.4 Å². The Morgan fingerprint density at radius 2 is 2.08 bits per heavy atom. The normalized spacial score (nSPS) is 35.1. The molecule has 4 aromatic rings. The van der Waals surface area contributed by atoms with Crippen LogP contribution >= 0.6 is 0 Å². The van der Waals surface area contributed by atoms with E-state index < -0.39 is 23.4 Å². The summed E-state index contributed by atoms with van der Waals surface area (Å²) in [4.78, 5) is 42.2. The van der Waals surface area contributed by atoms with Gasteiger partial charge in [0.25, 0.3) is 11.8 Å². The Labute approximate surface area is 218 Å². The van der Waals surface area contributed by atoms with Crippen molar-refractivity contribution < 1.29 is 18.4 Å². The summed E-state index contributed by atoms with van der Waals surface area (Å²) in [5.74, 6) is -0.157. The molecule has 9 rings (SSSR count). The highest BCUT2D eigenvalue weighted by molar-refractivity contribution is 5.98. The number of nitrogens with zero attached hydrogens (tertiary/aromatic N) is 5. The third kappa shape index (κ3) is 2.01. The number of fused-ring (bicyclic) bond motifs is 4. The molecule has 5 aliphatic rings. The molecule has 5 aliphatic carbocycles. The Morgan fingerprint density at radius 3 is 2.79 bits per heavy atom. The Balaban J connectivity index is 0.947. The summed E-state index contributed by atoms with van der Waals surface area (Å²) >= 11 is 0. The topological polar surface area (TPSA) is 147 Å². The van der Waals surface area contributed by atoms with Crippen LogP contribution < -0.4 is 16.4 Å². The van der Waals surface area contributed by atoms with Crippen molar-refractivity contribution >= 4 is 28.6 Å². The van der Waals surface area contributed by atoms with E-state index >= 15 is 0 Å². The molecular formula is C27H20FN7O4. The van der Waals surface area contributed by atoms with Crippen LogP contribution in [0.15, 0.2) is 39.7 Å². The number of hydrogen-bond donors (Lipinski definition) is 2. The smallest absolute Gasteiger partial charge is 0.408 e. The van der Waals surface area contributed by atoms with Gasteiger partial charge in [0.05, 0.1) is 23.2 Å². The molecule has 7 unspecified atom stereocenters. The summed E-state index contributed by atoms with van der Waals surface area (Å²) in [5.41, 5.74) is 1.71. The first kappa shape index (κ1) is 21.4. The molecule has 7 atom stereocenters. The number of oxazole rings is 1. The van der Waals surface area contributed by atoms with Crippen LogP contribution in [0, 0.1) is 57.1 Å². The maximum atomic E-state index is 14.5. The first-order chi connectivity index (χ1) is 18.8. The zero-order chi connectivity index (χ0) is 26.6. The Kier molecular flexibility index (Phi) is 3.40. The first-order valence-corrected chi connectivity index (χ1v) is 12.9. The maximum absolute atomic E-state index is 14.5. The largest absolute Gasteiger partial charge is 0.419 e. The number of aromatic nitrogens is 4. The van der Waals surface area contributed by atoms with Crippen molar-refractivity contribution in [1.82, 2.24) is 29.8 Å². The van der Waals surface area contributed by atoms with Crippen LogP contribution in [0.3, 0.4) is 0 Å². The molecule has 3 heterocycles. The van der Waals surface area contributed by atoms with Gasteiger partial charge in [-0.3, -0.25) is 14.2 Å². The molecule has 0 aliphatic heterocycles. The van der Waals surface area contributed by atoms with Gasteiger partial charge in [-0.15, -0.1) is 0 Å². The maximum Gasteiger partial charge on any atom is 0.419 e. The molecular weight excluding hydrogens is 505 g/mol. The van der Waals surface area contributed by atoms with E-state index in [1.54, 1.807) is 25.2 Å². The van der Waals surface area contributed by atoms with Crippen molar-refractivity contribution in [2.75, 3.05) is 6.54 Å². The highest BCUT2D eigenvalue weighted by Gasteiger charge is 3.17. The highest BCUT2D eigenvalue weighted by atomic mass is 19.1. The predicted molar refractivity (Wildman–Crippen MR) is 129 cm³/mol. The lowest BCUT2D eigenvalue weighted by atomic mass is 9.22. The average Bonchev–Trinajstić information content (AvgIpc) is 3.51. The quantitative estimate of drug-likeness (QED) is 0.387. The fourth-order valence-electron chi connectivity index (χ4n) is 9.55. The minimum absolute atomic E-state index is 0.0196. The molecule has 12 heteroatoms. The number of hydrogen-bond acceptors (Lipinski definition) is 7. The predicted octanol–water partition coefficient (Wildman–Crippen LogP) is 1.38. The molecule has 39 heavy (non-hydrogen) atoms. The van der Waals surface area contributed by atoms with Crippen LogP contribution in [0.4, 0.5) is 4.39 Å². The summed E-state index contributed by atoms with van der Waals surface area (Å²) in [6.45, 7) is 0.620. The zero-order valence-corrected chi connectivity index (χ0v) is 20.6. The number of rotatable bonds is 6. The Bertz CT molecular complexity index is 1960. The van der Waals surface area contributed by atoms with Crippen molar-refractivity contribution in [2.45, 2.75) is 13.0 Å². The summed E-state index contributed by atoms with van der Waals surface area (Å²) < 4.78 is 22.1. The Morgan fingerprint density at radius 1 is 1.23 bits per heavy atom. The van der Waals surface area contributed by atoms with E-state index in [0.29, 0.717) is 46.9 Å². The van der Waals surface area contributed by atoms with Gasteiger partial charge in [0.2, 0.25) is 0 Å². The van der Waals surface area contributed by atoms with E-state index in [0.717, 1.165) is 17.1 Å². The fourth-order valence-corrected chi connectivity index (χ4v) is 9.55. The molecule has 0 radical (unpaired) electrons. The molecule has 0 bridgehead atoms. The van der Waals surface area contributed by atoms with E-state index in [4.69, 9.17) is 4.42 Å². The first-order valence-electron chi connectivity index (χ1n) is 12.9. The van der Waals surface area contributed by atoms with Crippen molar-refractivity contribution in [1.29, 1.82) is 5.26 Å². The highest BCUT2D eigenvalue weighted by Crippen LogP contribution is 3.17. The fraction of sp³-hybridized carbons (Fsp3) is 0.407. The lowest BCUT2D eigenvalue weighted by Gasteiger charge is -2.80. The molecule has 194 valence electrons. The van der Waals surface area contributed by atoms with Crippen LogP contribution in [0.5, 0.6) is 0 Å². The molecule has 2 amide bonds. The minimum atomic E-state index is -0.744. The number of nitrogens with one attached hydrogen (secondary N) is 2. The molecule has 1 spiro atoms. The lowest BCUT2D eigenvalue weighted by Crippen LogP contribution is -2.80. The number of carbonyl (C=O) groups excluding carboxylic acids is 2. The zero-order valence-electron chi connectivity index (χ0n) is 20.6. The van der Waals surface area contributed by atoms with Gasteiger partial charge in [-0.25, -0.2) is 18.7 Å². The van der Waals surface area contributed by atoms with E-state index in [9.17, 15) is 24.0 Å². The number of benzene rings is 1. The van der Waals surface area contributed by atoms with Gasteiger partial charge < -0.3 is 15.1 Å². The standard InChI is InChI=1S/C27H20FN7O4/c1-34-14-4-11(2-3-16(14)39-24(34)38)6-30-22(36)13-5-15(35-21(33-13)12(28)7-32-35)23(37)31-10-25-8-26-19(25)18-17(25)20(26)27(18,26)9-29/h2-5,7,17-20H,6,8,10H2,1H3,(H,30,36)(H,31,37). The van der Waals surface area contributed by atoms with Crippen molar-refractivity contribution in [3.63, 3.8) is 0 Å². The van der Waals surface area contributed by atoms with E-state index in [1.165, 1.54) is 10.6 Å². The molecule has 1 aromatic carbocycles. The minimum Gasteiger partial charge on any atom is -0.408 e. The van der Waals surface area contributed by atoms with Gasteiger partial charge in [0.15, 0.2) is 17.0 Å². The molecule has 0 saturated heterocycles. The van der Waals surface area contributed by atoms with Crippen molar-refractivity contribution in [3.05, 3.63) is 63.8 Å². The van der Waals surface area contributed by atoms with Gasteiger partial charge in [0, 0.05) is 26.2 Å². The van der Waals surface area contributed by atoms with Crippen LogP contribution in [-0.2, 0) is 13.6 Å². The lowest BCUT2D eigenvalue weighted by molar-refractivity contribution is -0.330. The molecule has 11 nitrogen and oxygen atoms in total. The molecule has 3 aromatic heterocycles. The second-order valence-electron chi connectivity index (χ2n) is 11.8. The number of amides is 2. The number of carbonyl (C=O) groups is 2. The SMILES string of the molecule is Cn1c(=O)oc2ccc(CNC(=O)c3cc(C(=O)NCC45CC67C4C4C5C6C47C#N)n4ncc(F)c4n3)cc21. The summed E-state index contributed by atoms with van der Waals surface area (Å²) in [5, 5.41) is 19.3. The number of halogens is 1. The van der Waals surface area contributed by atoms with Crippen molar-refractivity contribution in [3.8, 4) is 6.07 Å². The monoisotopic (exact) mass is 525 g/mol.